The molecule has 0 aliphatic carbocycles. The molecule has 1 heterocycles. The molecule has 0 saturated carbocycles. The summed E-state index contributed by atoms with van der Waals surface area (Å²) in [6.07, 6.45) is 2.30. The van der Waals surface area contributed by atoms with Crippen molar-refractivity contribution >= 4 is 12.3 Å². The van der Waals surface area contributed by atoms with E-state index in [4.69, 9.17) is 4.74 Å². The predicted octanol–water partition coefficient (Wildman–Crippen LogP) is 0.775. The summed E-state index contributed by atoms with van der Waals surface area (Å²) in [6.45, 7) is 2.34. The molecule has 0 aromatic rings. The van der Waals surface area contributed by atoms with E-state index in [9.17, 15) is 9.59 Å². The van der Waals surface area contributed by atoms with Crippen LogP contribution in [0.25, 0.3) is 0 Å². The van der Waals surface area contributed by atoms with Crippen LogP contribution in [0.1, 0.15) is 19.8 Å². The lowest BCUT2D eigenvalue weighted by Crippen LogP contribution is -2.12. The van der Waals surface area contributed by atoms with Crippen molar-refractivity contribution in [2.24, 2.45) is 11.8 Å². The fraction of sp³-hybridized carbons (Fsp3) is 0.750. The summed E-state index contributed by atoms with van der Waals surface area (Å²) in [7, 11) is 0. The number of cyclic esters (lactones) is 1. The van der Waals surface area contributed by atoms with Crippen molar-refractivity contribution in [1.29, 1.82) is 0 Å². The highest BCUT2D eigenvalue weighted by Crippen LogP contribution is 2.21. The Balaban J connectivity index is 2.36. The first kappa shape index (κ1) is 8.24. The molecule has 1 aliphatic rings. The second-order valence-corrected chi connectivity index (χ2v) is 3.00. The van der Waals surface area contributed by atoms with Gasteiger partial charge in [-0.2, -0.15) is 0 Å². The molecule has 3 heteroatoms. The predicted molar refractivity (Wildman–Crippen MR) is 38.9 cm³/mol. The van der Waals surface area contributed by atoms with Crippen LogP contribution < -0.4 is 0 Å². The average molecular weight is 156 g/mol. The maximum Gasteiger partial charge on any atom is 0.309 e. The van der Waals surface area contributed by atoms with Gasteiger partial charge in [0.05, 0.1) is 12.5 Å². The van der Waals surface area contributed by atoms with Gasteiger partial charge in [-0.05, 0) is 12.8 Å². The van der Waals surface area contributed by atoms with Gasteiger partial charge in [0.1, 0.15) is 6.29 Å². The Morgan fingerprint density at radius 3 is 3.00 bits per heavy atom. The van der Waals surface area contributed by atoms with Crippen molar-refractivity contribution in [2.45, 2.75) is 19.8 Å². The third-order valence-corrected chi connectivity index (χ3v) is 1.93. The van der Waals surface area contributed by atoms with E-state index in [0.29, 0.717) is 13.0 Å². The number of esters is 1. The van der Waals surface area contributed by atoms with E-state index in [2.05, 4.69) is 0 Å². The summed E-state index contributed by atoms with van der Waals surface area (Å²) >= 11 is 0. The number of hydrogen-bond acceptors (Lipinski definition) is 3. The first-order valence-corrected chi connectivity index (χ1v) is 3.86. The second kappa shape index (κ2) is 3.51. The van der Waals surface area contributed by atoms with E-state index in [1.165, 1.54) is 0 Å². The molecule has 1 aliphatic heterocycles. The number of aldehydes is 1. The fourth-order valence-corrected chi connectivity index (χ4v) is 1.26. The normalized spacial score (nSPS) is 26.3. The molecule has 0 aromatic heterocycles. The second-order valence-electron chi connectivity index (χ2n) is 3.00. The number of ether oxygens (including phenoxy) is 1. The average Bonchev–Trinajstić information content (AvgIpc) is 2.37. The van der Waals surface area contributed by atoms with Crippen LogP contribution in [0.3, 0.4) is 0 Å². The quantitative estimate of drug-likeness (QED) is 0.448. The summed E-state index contributed by atoms with van der Waals surface area (Å²) in [5.74, 6) is -0.195. The number of carbonyl (C=O) groups excluding carboxylic acids is 2. The molecule has 1 saturated heterocycles. The lowest BCUT2D eigenvalue weighted by Gasteiger charge is -2.05. The summed E-state index contributed by atoms with van der Waals surface area (Å²) in [5.41, 5.74) is 0. The van der Waals surface area contributed by atoms with E-state index in [1.807, 2.05) is 6.92 Å². The Bertz CT molecular complexity index is 165. The summed E-state index contributed by atoms with van der Waals surface area (Å²) in [6, 6.07) is 0. The monoisotopic (exact) mass is 156 g/mol. The molecule has 62 valence electrons. The Kier molecular flexibility index (Phi) is 2.63. The van der Waals surface area contributed by atoms with Gasteiger partial charge in [-0.1, -0.05) is 6.92 Å². The number of rotatable bonds is 3. The Morgan fingerprint density at radius 1 is 1.82 bits per heavy atom. The zero-order valence-electron chi connectivity index (χ0n) is 6.58. The smallest absolute Gasteiger partial charge is 0.309 e. The third-order valence-electron chi connectivity index (χ3n) is 1.93. The van der Waals surface area contributed by atoms with Crippen LogP contribution in [0.5, 0.6) is 0 Å². The van der Waals surface area contributed by atoms with Crippen molar-refractivity contribution < 1.29 is 14.3 Å². The summed E-state index contributed by atoms with van der Waals surface area (Å²) in [4.78, 5) is 21.1. The topological polar surface area (TPSA) is 43.4 Å². The number of carbonyl (C=O) groups is 2. The Morgan fingerprint density at radius 2 is 2.55 bits per heavy atom. The van der Waals surface area contributed by atoms with Gasteiger partial charge in [-0.15, -0.1) is 0 Å². The summed E-state index contributed by atoms with van der Waals surface area (Å²) in [5, 5.41) is 0. The van der Waals surface area contributed by atoms with Gasteiger partial charge in [0.2, 0.25) is 0 Å². The highest BCUT2D eigenvalue weighted by Gasteiger charge is 2.27. The van der Waals surface area contributed by atoms with Crippen LogP contribution in [0.2, 0.25) is 0 Å². The largest absolute Gasteiger partial charge is 0.465 e. The molecule has 11 heavy (non-hydrogen) atoms. The zero-order valence-corrected chi connectivity index (χ0v) is 6.58. The Hall–Kier alpha value is -0.860. The maximum absolute atomic E-state index is 10.9. The minimum absolute atomic E-state index is 0.0225. The lowest BCUT2D eigenvalue weighted by atomic mass is 9.96. The van der Waals surface area contributed by atoms with Crippen LogP contribution in [-0.2, 0) is 14.3 Å². The van der Waals surface area contributed by atoms with E-state index < -0.39 is 0 Å². The molecule has 0 amide bonds. The third kappa shape index (κ3) is 2.03. The van der Waals surface area contributed by atoms with E-state index in [0.717, 1.165) is 12.7 Å². The minimum atomic E-state index is -0.140. The molecule has 0 spiro atoms. The van der Waals surface area contributed by atoms with Gasteiger partial charge in [0.25, 0.3) is 0 Å². The van der Waals surface area contributed by atoms with E-state index in [-0.39, 0.29) is 17.8 Å². The minimum Gasteiger partial charge on any atom is -0.465 e. The van der Waals surface area contributed by atoms with Gasteiger partial charge in [0.15, 0.2) is 0 Å². The fourth-order valence-electron chi connectivity index (χ4n) is 1.26. The summed E-state index contributed by atoms with van der Waals surface area (Å²) < 4.78 is 4.76. The van der Waals surface area contributed by atoms with Gasteiger partial charge in [-0.3, -0.25) is 4.79 Å². The standard InChI is InChI=1S/C8H12O3/c1-6(5-9)4-7-2-3-11-8(7)10/h5-7H,2-4H2,1H3. The molecule has 0 bridgehead atoms. The van der Waals surface area contributed by atoms with Crippen molar-refractivity contribution in [3.8, 4) is 0 Å². The van der Waals surface area contributed by atoms with Gasteiger partial charge in [-0.25, -0.2) is 0 Å². The highest BCUT2D eigenvalue weighted by atomic mass is 16.5. The highest BCUT2D eigenvalue weighted by molar-refractivity contribution is 5.74. The van der Waals surface area contributed by atoms with Gasteiger partial charge in [0, 0.05) is 5.92 Å². The van der Waals surface area contributed by atoms with Crippen LogP contribution in [0.4, 0.5) is 0 Å². The lowest BCUT2D eigenvalue weighted by molar-refractivity contribution is -0.141. The molecule has 1 fully saturated rings. The molecule has 1 rings (SSSR count). The van der Waals surface area contributed by atoms with Crippen molar-refractivity contribution in [3.05, 3.63) is 0 Å². The van der Waals surface area contributed by atoms with Gasteiger partial charge >= 0.3 is 5.97 Å². The van der Waals surface area contributed by atoms with Crippen LogP contribution in [0.15, 0.2) is 0 Å². The maximum atomic E-state index is 10.9. The van der Waals surface area contributed by atoms with Crippen LogP contribution in [0, 0.1) is 11.8 Å². The molecule has 2 atom stereocenters. The SMILES string of the molecule is CC(C=O)CC1CCOC1=O. The van der Waals surface area contributed by atoms with Crippen molar-refractivity contribution in [2.75, 3.05) is 6.61 Å². The van der Waals surface area contributed by atoms with Crippen molar-refractivity contribution in [1.82, 2.24) is 0 Å². The molecule has 0 radical (unpaired) electrons. The molecule has 3 nitrogen and oxygen atoms in total. The molecule has 2 unspecified atom stereocenters. The van der Waals surface area contributed by atoms with Crippen LogP contribution >= 0.6 is 0 Å². The first-order chi connectivity index (χ1) is 5.24. The van der Waals surface area contributed by atoms with E-state index in [1.54, 1.807) is 0 Å². The Labute approximate surface area is 65.7 Å². The molecule has 0 aromatic carbocycles. The van der Waals surface area contributed by atoms with E-state index >= 15 is 0 Å². The number of hydrogen-bond donors (Lipinski definition) is 0. The van der Waals surface area contributed by atoms with Gasteiger partial charge < -0.3 is 9.53 Å². The van der Waals surface area contributed by atoms with Crippen molar-refractivity contribution in [3.63, 3.8) is 0 Å². The molecule has 0 N–H and O–H groups in total. The molecular formula is C8H12O3. The van der Waals surface area contributed by atoms with Crippen LogP contribution in [-0.4, -0.2) is 18.9 Å². The molecular weight excluding hydrogens is 144 g/mol. The zero-order chi connectivity index (χ0) is 8.27. The first-order valence-electron chi connectivity index (χ1n) is 3.86.